The van der Waals surface area contributed by atoms with Crippen molar-refractivity contribution < 1.29 is 9.53 Å². The zero-order valence-electron chi connectivity index (χ0n) is 17.0. The Morgan fingerprint density at radius 2 is 2.00 bits per heavy atom. The van der Waals surface area contributed by atoms with E-state index < -0.39 is 0 Å². The summed E-state index contributed by atoms with van der Waals surface area (Å²) in [4.78, 5) is 13.9. The normalized spacial score (nSPS) is 35.4. The van der Waals surface area contributed by atoms with Crippen LogP contribution in [0.2, 0.25) is 0 Å². The second-order valence-electron chi connectivity index (χ2n) is 9.37. The van der Waals surface area contributed by atoms with Gasteiger partial charge in [-0.2, -0.15) is 0 Å². The van der Waals surface area contributed by atoms with Crippen LogP contribution in [-0.4, -0.2) is 17.8 Å². The standard InChI is InChI=1S/C24H32O2S/c1-15(2)17-7-9-18(10-8-17)27-14-20-19-12-21-16(3)6-5-11-24(21,4)13-22(19)26-23(20)25/h7-10,12,15-16,19-20,22H,5-6,11,13-14H2,1-4H3. The molecule has 2 fully saturated rings. The zero-order chi connectivity index (χ0) is 19.2. The first-order chi connectivity index (χ1) is 12.9. The topological polar surface area (TPSA) is 26.3 Å². The fraction of sp³-hybridized carbons (Fsp3) is 0.625. The van der Waals surface area contributed by atoms with Crippen LogP contribution < -0.4 is 0 Å². The molecule has 2 nitrogen and oxygen atoms in total. The summed E-state index contributed by atoms with van der Waals surface area (Å²) in [5.74, 6) is 2.30. The van der Waals surface area contributed by atoms with Crippen LogP contribution in [0, 0.1) is 23.2 Å². The van der Waals surface area contributed by atoms with Gasteiger partial charge in [0.1, 0.15) is 6.10 Å². The monoisotopic (exact) mass is 384 g/mol. The van der Waals surface area contributed by atoms with Crippen molar-refractivity contribution in [1.82, 2.24) is 0 Å². The van der Waals surface area contributed by atoms with Crippen molar-refractivity contribution in [3.05, 3.63) is 41.5 Å². The highest BCUT2D eigenvalue weighted by atomic mass is 32.2. The number of carbonyl (C=O) groups is 1. The molecule has 0 bridgehead atoms. The molecule has 1 saturated carbocycles. The molecule has 1 heterocycles. The van der Waals surface area contributed by atoms with Gasteiger partial charge < -0.3 is 4.74 Å². The van der Waals surface area contributed by atoms with Crippen LogP contribution in [0.25, 0.3) is 0 Å². The van der Waals surface area contributed by atoms with Crippen LogP contribution in [0.4, 0.5) is 0 Å². The molecule has 146 valence electrons. The fourth-order valence-corrected chi connectivity index (χ4v) is 6.44. The number of hydrogen-bond donors (Lipinski definition) is 0. The van der Waals surface area contributed by atoms with Crippen LogP contribution in [0.5, 0.6) is 0 Å². The van der Waals surface area contributed by atoms with E-state index in [0.29, 0.717) is 11.8 Å². The molecule has 2 aliphatic carbocycles. The van der Waals surface area contributed by atoms with Gasteiger partial charge in [0.2, 0.25) is 0 Å². The number of hydrogen-bond acceptors (Lipinski definition) is 3. The summed E-state index contributed by atoms with van der Waals surface area (Å²) >= 11 is 1.80. The van der Waals surface area contributed by atoms with Crippen molar-refractivity contribution in [2.75, 3.05) is 5.75 Å². The quantitative estimate of drug-likeness (QED) is 0.350. The molecule has 3 aliphatic rings. The Balaban J connectivity index is 1.49. The van der Waals surface area contributed by atoms with Crippen molar-refractivity contribution in [3.63, 3.8) is 0 Å². The third kappa shape index (κ3) is 3.60. The van der Waals surface area contributed by atoms with Gasteiger partial charge in [-0.1, -0.05) is 57.9 Å². The lowest BCUT2D eigenvalue weighted by molar-refractivity contribution is -0.144. The van der Waals surface area contributed by atoms with Crippen molar-refractivity contribution in [1.29, 1.82) is 0 Å². The van der Waals surface area contributed by atoms with E-state index in [0.717, 1.165) is 12.2 Å². The first-order valence-electron chi connectivity index (χ1n) is 10.5. The van der Waals surface area contributed by atoms with Gasteiger partial charge >= 0.3 is 5.97 Å². The Morgan fingerprint density at radius 3 is 2.70 bits per heavy atom. The number of benzene rings is 1. The van der Waals surface area contributed by atoms with Crippen molar-refractivity contribution in [2.45, 2.75) is 70.3 Å². The van der Waals surface area contributed by atoms with E-state index in [1.54, 1.807) is 17.3 Å². The lowest BCUT2D eigenvalue weighted by atomic mass is 9.59. The van der Waals surface area contributed by atoms with E-state index in [2.05, 4.69) is 58.0 Å². The maximum atomic E-state index is 12.6. The number of fused-ring (bicyclic) bond motifs is 2. The van der Waals surface area contributed by atoms with Crippen LogP contribution in [0.1, 0.15) is 64.9 Å². The molecule has 1 saturated heterocycles. The number of carbonyl (C=O) groups excluding carboxylic acids is 1. The minimum atomic E-state index is -0.00375. The van der Waals surface area contributed by atoms with Gasteiger partial charge in [-0.15, -0.1) is 11.8 Å². The van der Waals surface area contributed by atoms with Crippen LogP contribution in [0.3, 0.4) is 0 Å². The Bertz CT molecular complexity index is 735. The summed E-state index contributed by atoms with van der Waals surface area (Å²) in [5.41, 5.74) is 3.21. The van der Waals surface area contributed by atoms with Gasteiger partial charge in [-0.3, -0.25) is 4.79 Å². The maximum absolute atomic E-state index is 12.6. The van der Waals surface area contributed by atoms with Gasteiger partial charge in [0, 0.05) is 16.6 Å². The molecule has 0 N–H and O–H groups in total. The first kappa shape index (κ1) is 19.1. The Hall–Kier alpha value is -1.22. The van der Waals surface area contributed by atoms with E-state index in [9.17, 15) is 4.79 Å². The average molecular weight is 385 g/mol. The SMILES string of the molecule is CC1CCCC2(C)CC3OC(=O)C(CSc4ccc(C(C)C)cc4)C3C=C12. The maximum Gasteiger partial charge on any atom is 0.310 e. The van der Waals surface area contributed by atoms with E-state index >= 15 is 0 Å². The molecule has 0 spiro atoms. The van der Waals surface area contributed by atoms with E-state index in [1.165, 1.54) is 29.7 Å². The van der Waals surface area contributed by atoms with Crippen molar-refractivity contribution >= 4 is 17.7 Å². The second-order valence-corrected chi connectivity index (χ2v) is 10.5. The van der Waals surface area contributed by atoms with Crippen molar-refractivity contribution in [2.24, 2.45) is 23.2 Å². The van der Waals surface area contributed by atoms with E-state index in [4.69, 9.17) is 4.74 Å². The molecule has 5 atom stereocenters. The number of rotatable bonds is 4. The summed E-state index contributed by atoms with van der Waals surface area (Å²) in [7, 11) is 0. The van der Waals surface area contributed by atoms with Gasteiger partial charge in [0.15, 0.2) is 0 Å². The molecular formula is C24H32O2S. The molecule has 1 aliphatic heterocycles. The summed E-state index contributed by atoms with van der Waals surface area (Å²) in [5, 5.41) is 0. The average Bonchev–Trinajstić information content (AvgIpc) is 2.92. The lowest BCUT2D eigenvalue weighted by Gasteiger charge is -2.46. The van der Waals surface area contributed by atoms with Gasteiger partial charge in [0.05, 0.1) is 5.92 Å². The zero-order valence-corrected chi connectivity index (χ0v) is 17.9. The second kappa shape index (κ2) is 7.31. The van der Waals surface area contributed by atoms with E-state index in [-0.39, 0.29) is 29.3 Å². The number of thioether (sulfide) groups is 1. The number of esters is 1. The lowest BCUT2D eigenvalue weighted by Crippen LogP contribution is -2.39. The molecular weight excluding hydrogens is 352 g/mol. The van der Waals surface area contributed by atoms with Gasteiger partial charge in [0.25, 0.3) is 0 Å². The Labute approximate surface area is 168 Å². The minimum absolute atomic E-state index is 0.00375. The first-order valence-corrected chi connectivity index (χ1v) is 11.5. The number of ether oxygens (including phenoxy) is 1. The highest BCUT2D eigenvalue weighted by Gasteiger charge is 2.51. The molecule has 27 heavy (non-hydrogen) atoms. The highest BCUT2D eigenvalue weighted by Crippen LogP contribution is 2.54. The Morgan fingerprint density at radius 1 is 1.26 bits per heavy atom. The fourth-order valence-electron chi connectivity index (χ4n) is 5.38. The Kier molecular flexibility index (Phi) is 5.18. The van der Waals surface area contributed by atoms with Gasteiger partial charge in [-0.25, -0.2) is 0 Å². The minimum Gasteiger partial charge on any atom is -0.461 e. The van der Waals surface area contributed by atoms with E-state index in [1.807, 2.05) is 0 Å². The molecule has 1 aromatic rings. The smallest absolute Gasteiger partial charge is 0.310 e. The molecule has 3 heteroatoms. The number of allylic oxidation sites excluding steroid dienone is 1. The third-order valence-electron chi connectivity index (χ3n) is 7.06. The summed E-state index contributed by atoms with van der Waals surface area (Å²) in [6.07, 6.45) is 7.39. The van der Waals surface area contributed by atoms with Gasteiger partial charge in [-0.05, 0) is 54.2 Å². The van der Waals surface area contributed by atoms with Crippen LogP contribution >= 0.6 is 11.8 Å². The molecule has 4 rings (SSSR count). The van der Waals surface area contributed by atoms with Crippen LogP contribution in [0.15, 0.2) is 40.8 Å². The predicted octanol–water partition coefficient (Wildman–Crippen LogP) is 6.22. The summed E-state index contributed by atoms with van der Waals surface area (Å²) < 4.78 is 5.87. The summed E-state index contributed by atoms with van der Waals surface area (Å²) in [6.45, 7) is 9.18. The molecule has 0 amide bonds. The van der Waals surface area contributed by atoms with Crippen LogP contribution in [-0.2, 0) is 9.53 Å². The molecule has 1 aromatic carbocycles. The molecule has 0 aromatic heterocycles. The largest absolute Gasteiger partial charge is 0.461 e. The molecule has 5 unspecified atom stereocenters. The highest BCUT2D eigenvalue weighted by molar-refractivity contribution is 7.99. The third-order valence-corrected chi connectivity index (χ3v) is 8.19. The summed E-state index contributed by atoms with van der Waals surface area (Å²) in [6, 6.07) is 8.80. The van der Waals surface area contributed by atoms with Crippen molar-refractivity contribution in [3.8, 4) is 0 Å². The molecule has 0 radical (unpaired) electrons. The predicted molar refractivity (Wildman–Crippen MR) is 112 cm³/mol.